The van der Waals surface area contributed by atoms with Crippen LogP contribution in [0.1, 0.15) is 52.7 Å². The van der Waals surface area contributed by atoms with E-state index in [0.717, 1.165) is 50.0 Å². The molecule has 232 valence electrons. The molecular weight excluding hydrogens is 621 g/mol. The van der Waals surface area contributed by atoms with E-state index in [1.165, 1.54) is 25.6 Å². The lowest BCUT2D eigenvalue weighted by Gasteiger charge is -2.42. The molecule has 6 nitrogen and oxygen atoms in total. The molecule has 0 bridgehead atoms. The number of carbonyl (C=O) groups is 1. The normalized spacial score (nSPS) is 23.2. The largest absolute Gasteiger partial charge is 0.496 e. The molecule has 2 unspecified atom stereocenters. The number of likely N-dealkylation sites (tertiary alicyclic amines) is 2. The third-order valence-corrected chi connectivity index (χ3v) is 8.88. The maximum atomic E-state index is 13.2. The number of piperidine rings is 2. The average Bonchev–Trinajstić information content (AvgIpc) is 2.97. The molecule has 2 saturated heterocycles. The molecule has 2 aliphatic heterocycles. The highest BCUT2D eigenvalue weighted by molar-refractivity contribution is 9.10. The Bertz CT molecular complexity index is 1380. The van der Waals surface area contributed by atoms with Gasteiger partial charge in [-0.25, -0.2) is 0 Å². The smallest absolute Gasteiger partial charge is 0.416 e. The van der Waals surface area contributed by atoms with Crippen molar-refractivity contribution in [2.75, 3.05) is 47.4 Å². The summed E-state index contributed by atoms with van der Waals surface area (Å²) in [7, 11) is 5.38. The van der Waals surface area contributed by atoms with E-state index in [1.54, 1.807) is 0 Å². The van der Waals surface area contributed by atoms with Crippen LogP contribution in [0.25, 0.3) is 0 Å². The predicted molar refractivity (Wildman–Crippen MR) is 167 cm³/mol. The molecule has 0 aliphatic carbocycles. The quantitative estimate of drug-likeness (QED) is 0.332. The second-order valence-corrected chi connectivity index (χ2v) is 12.5. The van der Waals surface area contributed by atoms with Gasteiger partial charge < -0.3 is 25.6 Å². The number of ether oxygens (including phenoxy) is 1. The summed E-state index contributed by atoms with van der Waals surface area (Å²) < 4.78 is 44.6. The Morgan fingerprint density at radius 3 is 2.00 bits per heavy atom. The number of alkyl halides is 3. The molecule has 2 atom stereocenters. The highest BCUT2D eigenvalue weighted by Crippen LogP contribution is 2.38. The fourth-order valence-corrected chi connectivity index (χ4v) is 6.77. The van der Waals surface area contributed by atoms with Crippen LogP contribution >= 0.6 is 15.9 Å². The molecule has 5 rings (SSSR count). The number of carbonyl (C=O) groups excluding carboxylic acids is 1. The van der Waals surface area contributed by atoms with Crippen molar-refractivity contribution in [2.24, 2.45) is 5.73 Å². The third-order valence-electron chi connectivity index (χ3n) is 8.25. The van der Waals surface area contributed by atoms with Crippen molar-refractivity contribution in [1.82, 2.24) is 15.1 Å². The highest BCUT2D eigenvalue weighted by atomic mass is 79.9. The number of rotatable bonds is 5. The van der Waals surface area contributed by atoms with Crippen molar-refractivity contribution in [3.8, 4) is 5.75 Å². The number of amides is 1. The SMILES string of the molecule is CN1CCCC(N)(c2ccccc2)C1.COc1cc(C(F)(F)F)cc(Br)c1C(=O)NC1(c2ccccc2)CCCN(C)C1. The molecule has 0 aromatic heterocycles. The standard InChI is InChI=1S/C21H22BrF3N2O2.C12H18N2/c1-27-10-6-9-20(13-27,14-7-4-3-5-8-14)26-19(28)18-16(22)11-15(21(23,24)25)12-17(18)29-2;1-14-9-5-8-12(13,10-14)11-6-3-2-4-7-11/h3-5,7-8,11-12H,6,9-10,13H2,1-2H3,(H,26,28);2-4,6-7H,5,8-10,13H2,1H3. The molecule has 3 aromatic carbocycles. The van der Waals surface area contributed by atoms with Gasteiger partial charge in [-0.15, -0.1) is 0 Å². The molecule has 10 heteroatoms. The molecule has 3 N–H and O–H groups in total. The first kappa shape index (κ1) is 33.0. The summed E-state index contributed by atoms with van der Waals surface area (Å²) >= 11 is 3.13. The van der Waals surface area contributed by atoms with Crippen molar-refractivity contribution < 1.29 is 22.7 Å². The number of likely N-dealkylation sites (N-methyl/N-ethyl adjacent to an activating group) is 2. The maximum absolute atomic E-state index is 13.2. The van der Waals surface area contributed by atoms with Gasteiger partial charge in [-0.1, -0.05) is 60.7 Å². The summed E-state index contributed by atoms with van der Waals surface area (Å²) in [6.45, 7) is 3.66. The van der Waals surface area contributed by atoms with Crippen LogP contribution in [0.3, 0.4) is 0 Å². The first-order valence-corrected chi connectivity index (χ1v) is 15.2. The summed E-state index contributed by atoms with van der Waals surface area (Å²) in [4.78, 5) is 17.7. The topological polar surface area (TPSA) is 70.8 Å². The van der Waals surface area contributed by atoms with E-state index in [4.69, 9.17) is 10.5 Å². The maximum Gasteiger partial charge on any atom is 0.416 e. The lowest BCUT2D eigenvalue weighted by Crippen LogP contribution is -2.55. The molecule has 2 fully saturated rings. The van der Waals surface area contributed by atoms with Crippen LogP contribution in [0.15, 0.2) is 77.3 Å². The van der Waals surface area contributed by atoms with Gasteiger partial charge in [-0.2, -0.15) is 13.2 Å². The number of benzene rings is 3. The van der Waals surface area contributed by atoms with Crippen LogP contribution in [-0.2, 0) is 17.3 Å². The van der Waals surface area contributed by atoms with Crippen LogP contribution in [0, 0.1) is 0 Å². The summed E-state index contributed by atoms with van der Waals surface area (Å²) in [5, 5.41) is 3.10. The van der Waals surface area contributed by atoms with E-state index < -0.39 is 23.2 Å². The first-order chi connectivity index (χ1) is 20.4. The van der Waals surface area contributed by atoms with E-state index in [0.29, 0.717) is 6.54 Å². The minimum Gasteiger partial charge on any atom is -0.496 e. The Balaban J connectivity index is 0.000000251. The summed E-state index contributed by atoms with van der Waals surface area (Å²) in [6, 6.07) is 21.8. The van der Waals surface area contributed by atoms with Crippen molar-refractivity contribution >= 4 is 21.8 Å². The van der Waals surface area contributed by atoms with E-state index in [2.05, 4.69) is 62.4 Å². The molecule has 0 spiro atoms. The van der Waals surface area contributed by atoms with Gasteiger partial charge in [0.15, 0.2) is 0 Å². The third kappa shape index (κ3) is 7.98. The highest BCUT2D eigenvalue weighted by Gasteiger charge is 2.39. The Kier molecular flexibility index (Phi) is 10.6. The van der Waals surface area contributed by atoms with Crippen LogP contribution in [0.5, 0.6) is 5.75 Å². The van der Waals surface area contributed by atoms with Gasteiger partial charge >= 0.3 is 6.18 Å². The van der Waals surface area contributed by atoms with E-state index >= 15 is 0 Å². The van der Waals surface area contributed by atoms with Gasteiger partial charge in [-0.3, -0.25) is 4.79 Å². The minimum absolute atomic E-state index is 0.0362. The number of nitrogens with two attached hydrogens (primary N) is 1. The van der Waals surface area contributed by atoms with Crippen molar-refractivity contribution in [2.45, 2.75) is 42.9 Å². The zero-order valence-corrected chi connectivity index (χ0v) is 26.5. The second kappa shape index (κ2) is 13.8. The Hall–Kier alpha value is -2.92. The van der Waals surface area contributed by atoms with Gasteiger partial charge in [0.25, 0.3) is 5.91 Å². The summed E-state index contributed by atoms with van der Waals surface area (Å²) in [5.74, 6) is -0.613. The molecule has 2 heterocycles. The second-order valence-electron chi connectivity index (χ2n) is 11.6. The van der Waals surface area contributed by atoms with Gasteiger partial charge in [-0.05, 0) is 92.1 Å². The monoisotopic (exact) mass is 660 g/mol. The molecule has 0 radical (unpaired) electrons. The number of nitrogens with one attached hydrogen (secondary N) is 1. The molecule has 2 aliphatic rings. The lowest BCUT2D eigenvalue weighted by atomic mass is 9.82. The van der Waals surface area contributed by atoms with Crippen LogP contribution < -0.4 is 15.8 Å². The molecule has 3 aromatic rings. The lowest BCUT2D eigenvalue weighted by molar-refractivity contribution is -0.137. The van der Waals surface area contributed by atoms with Crippen LogP contribution in [0.4, 0.5) is 13.2 Å². The predicted octanol–water partition coefficient (Wildman–Crippen LogP) is 6.39. The fraction of sp³-hybridized carbons (Fsp3) is 0.424. The fourth-order valence-electron chi connectivity index (χ4n) is 6.15. The zero-order chi connectivity index (χ0) is 31.3. The molecule has 43 heavy (non-hydrogen) atoms. The molecule has 1 amide bonds. The van der Waals surface area contributed by atoms with E-state index in [9.17, 15) is 18.0 Å². The summed E-state index contributed by atoms with van der Waals surface area (Å²) in [6.07, 6.45) is -0.629. The first-order valence-electron chi connectivity index (χ1n) is 14.4. The average molecular weight is 662 g/mol. The van der Waals surface area contributed by atoms with E-state index in [1.807, 2.05) is 43.4 Å². The Labute approximate surface area is 260 Å². The van der Waals surface area contributed by atoms with Gasteiger partial charge in [0.1, 0.15) is 5.75 Å². The van der Waals surface area contributed by atoms with Crippen LogP contribution in [0.2, 0.25) is 0 Å². The Morgan fingerprint density at radius 2 is 1.47 bits per heavy atom. The molecule has 0 saturated carbocycles. The van der Waals surface area contributed by atoms with Gasteiger partial charge in [0, 0.05) is 17.6 Å². The Morgan fingerprint density at radius 1 is 0.907 bits per heavy atom. The van der Waals surface area contributed by atoms with Crippen LogP contribution in [-0.4, -0.2) is 63.1 Å². The number of hydrogen-bond donors (Lipinski definition) is 2. The summed E-state index contributed by atoms with van der Waals surface area (Å²) in [5.41, 5.74) is 7.05. The van der Waals surface area contributed by atoms with Gasteiger partial charge in [0.2, 0.25) is 0 Å². The van der Waals surface area contributed by atoms with Crippen molar-refractivity contribution in [1.29, 1.82) is 0 Å². The zero-order valence-electron chi connectivity index (χ0n) is 24.9. The number of hydrogen-bond acceptors (Lipinski definition) is 5. The number of halogens is 4. The van der Waals surface area contributed by atoms with E-state index in [-0.39, 0.29) is 21.3 Å². The molecular formula is C33H40BrF3N4O2. The number of nitrogens with zero attached hydrogens (tertiary/aromatic N) is 2. The van der Waals surface area contributed by atoms with Crippen molar-refractivity contribution in [3.63, 3.8) is 0 Å². The minimum atomic E-state index is -4.54. The van der Waals surface area contributed by atoms with Crippen molar-refractivity contribution in [3.05, 3.63) is 99.5 Å². The number of methoxy groups -OCH3 is 1. The van der Waals surface area contributed by atoms with Gasteiger partial charge in [0.05, 0.1) is 29.3 Å².